The molecule has 3 N–H and O–H groups in total. The average molecular weight is 139 g/mol. The molecule has 8 heavy (non-hydrogen) atoms. The van der Waals surface area contributed by atoms with Crippen LogP contribution in [-0.4, -0.2) is 22.8 Å². The van der Waals surface area contributed by atoms with Crippen molar-refractivity contribution in [1.82, 2.24) is 0 Å². The third-order valence-electron chi connectivity index (χ3n) is 0.486. The van der Waals surface area contributed by atoms with Gasteiger partial charge in [0.1, 0.15) is 6.04 Å². The summed E-state index contributed by atoms with van der Waals surface area (Å²) < 4.78 is 27.8. The Morgan fingerprint density at radius 1 is 2.12 bits per heavy atom. The molecule has 0 aromatic rings. The number of hydrogen-bond donors (Lipinski definition) is 3. The first-order chi connectivity index (χ1) is 5.10. The van der Waals surface area contributed by atoms with Gasteiger partial charge in [-0.1, -0.05) is 0 Å². The predicted molar refractivity (Wildman–Crippen MR) is 34.1 cm³/mol. The van der Waals surface area contributed by atoms with Crippen molar-refractivity contribution in [3.8, 4) is 0 Å². The molecule has 3 nitrogen and oxygen atoms in total. The van der Waals surface area contributed by atoms with Crippen LogP contribution in [0.4, 0.5) is 0 Å². The predicted octanol–water partition coefficient (Wildman–Crippen LogP) is -0.282. The molecule has 0 aliphatic carbocycles. The summed E-state index contributed by atoms with van der Waals surface area (Å²) >= 11 is 3.28. The fourth-order valence-corrected chi connectivity index (χ4v) is 0.270. The van der Waals surface area contributed by atoms with Crippen LogP contribution in [0.1, 0.15) is 11.9 Å². The molecular formula is C4H9NO2S. The second-order valence-electron chi connectivity index (χ2n) is 1.07. The first-order valence-electron chi connectivity index (χ1n) is 3.81. The summed E-state index contributed by atoms with van der Waals surface area (Å²) in [5.41, 5.74) is 2.34. The molecule has 0 amide bonds. The van der Waals surface area contributed by atoms with Crippen LogP contribution in [0.5, 0.6) is 0 Å². The van der Waals surface area contributed by atoms with E-state index in [1.807, 2.05) is 0 Å². The van der Waals surface area contributed by atoms with Gasteiger partial charge < -0.3 is 10.8 Å². The number of nitrogens with two attached hydrogens (primary N) is 1. The molecule has 0 saturated carbocycles. The van der Waals surface area contributed by atoms with Gasteiger partial charge in [0.15, 0.2) is 0 Å². The summed E-state index contributed by atoms with van der Waals surface area (Å²) in [7, 11) is 0. The third kappa shape index (κ3) is 2.87. The third-order valence-corrected chi connectivity index (χ3v) is 0.615. The van der Waals surface area contributed by atoms with Crippen LogP contribution in [0.3, 0.4) is 0 Å². The van der Waals surface area contributed by atoms with Gasteiger partial charge in [0.05, 0.1) is 0 Å². The summed E-state index contributed by atoms with van der Waals surface area (Å²) in [6, 6.07) is -1.93. The summed E-state index contributed by atoms with van der Waals surface area (Å²) in [4.78, 5) is 10.2. The molecule has 0 fully saturated rings. The molecule has 0 spiro atoms. The van der Waals surface area contributed by atoms with Crippen molar-refractivity contribution >= 4 is 18.6 Å². The highest BCUT2D eigenvalue weighted by atomic mass is 32.1. The Hall–Kier alpha value is -0.220. The van der Waals surface area contributed by atoms with Gasteiger partial charge in [-0.25, -0.2) is 0 Å². The first-order valence-corrected chi connectivity index (χ1v) is 2.26. The van der Waals surface area contributed by atoms with Crippen LogP contribution in [-0.2, 0) is 4.79 Å². The lowest BCUT2D eigenvalue weighted by Gasteiger charge is -2.00. The zero-order valence-corrected chi connectivity index (χ0v) is 4.85. The van der Waals surface area contributed by atoms with Gasteiger partial charge >= 0.3 is 5.97 Å². The number of carbonyl (C=O) groups is 1. The molecule has 0 radical (unpaired) electrons. The highest BCUT2D eigenvalue weighted by Gasteiger charge is 2.08. The Kier molecular flexibility index (Phi) is 1.44. The van der Waals surface area contributed by atoms with Crippen molar-refractivity contribution in [1.29, 1.82) is 0 Å². The van der Waals surface area contributed by atoms with Gasteiger partial charge in [-0.3, -0.25) is 4.79 Å². The van der Waals surface area contributed by atoms with Crippen molar-refractivity contribution in [3.63, 3.8) is 0 Å². The SMILES string of the molecule is [2H]C([2H])(S)C([2H])([2H])[C@H](N)C(=O)O. The van der Waals surface area contributed by atoms with Crippen LogP contribution in [0, 0.1) is 0 Å². The highest BCUT2D eigenvalue weighted by molar-refractivity contribution is 7.80. The largest absolute Gasteiger partial charge is 0.480 e. The Bertz CT molecular complexity index is 192. The van der Waals surface area contributed by atoms with Crippen molar-refractivity contribution in [2.45, 2.75) is 12.4 Å². The van der Waals surface area contributed by atoms with Crippen LogP contribution >= 0.6 is 12.6 Å². The first kappa shape index (κ1) is 3.08. The standard InChI is InChI=1S/C4H9NO2S/c5-3(1-2-8)4(6)7/h3,8H,1-2,5H2,(H,6,7)/t3-/m0/s1/i1D2,2D2. The maximum Gasteiger partial charge on any atom is 0.320 e. The molecule has 0 bridgehead atoms. The summed E-state index contributed by atoms with van der Waals surface area (Å²) in [5.74, 6) is -1.60. The normalized spacial score (nSPS) is 24.2. The lowest BCUT2D eigenvalue weighted by atomic mass is 10.2. The Labute approximate surface area is 58.9 Å². The number of thiol groups is 1. The van der Waals surface area contributed by atoms with Gasteiger partial charge in [0, 0.05) is 5.48 Å². The van der Waals surface area contributed by atoms with E-state index in [0.717, 1.165) is 0 Å². The lowest BCUT2D eigenvalue weighted by molar-refractivity contribution is -0.138. The van der Waals surface area contributed by atoms with Gasteiger partial charge in [-0.05, 0) is 12.1 Å². The fourth-order valence-electron chi connectivity index (χ4n) is 0.131. The number of carboxylic acids is 1. The number of hydrogen-bond acceptors (Lipinski definition) is 3. The molecule has 0 aromatic heterocycles. The second-order valence-corrected chi connectivity index (χ2v) is 1.30. The highest BCUT2D eigenvalue weighted by Crippen LogP contribution is 1.88. The maximum absolute atomic E-state index is 10.2. The van der Waals surface area contributed by atoms with E-state index in [0.29, 0.717) is 0 Å². The minimum Gasteiger partial charge on any atom is -0.480 e. The smallest absolute Gasteiger partial charge is 0.320 e. The minimum atomic E-state index is -2.71. The average Bonchev–Trinajstić information content (AvgIpc) is 1.83. The van der Waals surface area contributed by atoms with Crippen molar-refractivity contribution in [3.05, 3.63) is 0 Å². The molecule has 48 valence electrons. The van der Waals surface area contributed by atoms with Gasteiger partial charge in [0.2, 0.25) is 0 Å². The number of aliphatic carboxylic acids is 1. The van der Waals surface area contributed by atoms with Crippen LogP contribution < -0.4 is 5.73 Å². The minimum absolute atomic E-state index is 1.60. The van der Waals surface area contributed by atoms with Gasteiger partial charge in [-0.15, -0.1) is 0 Å². The van der Waals surface area contributed by atoms with Crippen LogP contribution in [0.15, 0.2) is 0 Å². The zero-order valence-electron chi connectivity index (χ0n) is 7.96. The quantitative estimate of drug-likeness (QED) is 0.471. The molecule has 0 saturated heterocycles. The Balaban J connectivity index is 4.73. The van der Waals surface area contributed by atoms with Crippen molar-refractivity contribution in [2.75, 3.05) is 5.70 Å². The molecule has 0 unspecified atom stereocenters. The number of rotatable bonds is 3. The maximum atomic E-state index is 10.2. The molecule has 0 heterocycles. The van der Waals surface area contributed by atoms with E-state index in [-0.39, 0.29) is 0 Å². The second kappa shape index (κ2) is 3.74. The van der Waals surface area contributed by atoms with Crippen LogP contribution in [0.2, 0.25) is 0 Å². The van der Waals surface area contributed by atoms with E-state index in [9.17, 15) is 4.79 Å². The van der Waals surface area contributed by atoms with E-state index in [1.165, 1.54) is 0 Å². The van der Waals surface area contributed by atoms with E-state index in [1.54, 1.807) is 0 Å². The molecule has 0 rings (SSSR count). The van der Waals surface area contributed by atoms with Gasteiger partial charge in [-0.2, -0.15) is 12.6 Å². The van der Waals surface area contributed by atoms with E-state index in [2.05, 4.69) is 12.6 Å². The fraction of sp³-hybridized carbons (Fsp3) is 0.750. The molecule has 0 aliphatic heterocycles. The lowest BCUT2D eigenvalue weighted by Crippen LogP contribution is -2.30. The van der Waals surface area contributed by atoms with E-state index >= 15 is 0 Å². The summed E-state index contributed by atoms with van der Waals surface area (Å²) in [5, 5.41) is 8.32. The molecular weight excluding hydrogens is 126 g/mol. The zero-order chi connectivity index (χ0) is 10.2. The summed E-state index contributed by atoms with van der Waals surface area (Å²) in [6.07, 6.45) is -2.71. The molecule has 0 aromatic carbocycles. The molecule has 4 heteroatoms. The molecule has 0 aliphatic rings. The topological polar surface area (TPSA) is 63.3 Å². The van der Waals surface area contributed by atoms with E-state index in [4.69, 9.17) is 16.3 Å². The Morgan fingerprint density at radius 3 is 2.75 bits per heavy atom. The molecule has 1 atom stereocenters. The summed E-state index contributed by atoms with van der Waals surface area (Å²) in [6.45, 7) is 0. The Morgan fingerprint density at radius 2 is 2.62 bits per heavy atom. The van der Waals surface area contributed by atoms with Crippen LogP contribution in [0.25, 0.3) is 0 Å². The van der Waals surface area contributed by atoms with Crippen molar-refractivity contribution < 1.29 is 15.4 Å². The monoisotopic (exact) mass is 139 g/mol. The van der Waals surface area contributed by atoms with Crippen molar-refractivity contribution in [2.24, 2.45) is 5.73 Å². The van der Waals surface area contributed by atoms with E-state index < -0.39 is 24.1 Å². The van der Waals surface area contributed by atoms with Gasteiger partial charge in [0.25, 0.3) is 0 Å². The number of carboxylic acid groups (broad SMARTS) is 1.